The van der Waals surface area contributed by atoms with E-state index in [9.17, 15) is 9.59 Å². The van der Waals surface area contributed by atoms with Crippen LogP contribution in [0.5, 0.6) is 5.75 Å². The summed E-state index contributed by atoms with van der Waals surface area (Å²) in [5.41, 5.74) is 2.34. The van der Waals surface area contributed by atoms with E-state index in [0.29, 0.717) is 27.2 Å². The van der Waals surface area contributed by atoms with Gasteiger partial charge >= 0.3 is 0 Å². The Morgan fingerprint density at radius 2 is 1.77 bits per heavy atom. The fraction of sp³-hybridized carbons (Fsp3) is 0.0833. The van der Waals surface area contributed by atoms with E-state index in [2.05, 4.69) is 5.32 Å². The molecular weight excluding hydrogens is 402 g/mol. The van der Waals surface area contributed by atoms with E-state index in [-0.39, 0.29) is 29.5 Å². The Hall–Kier alpha value is -3.57. The summed E-state index contributed by atoms with van der Waals surface area (Å²) in [6.45, 7) is 1.58. The van der Waals surface area contributed by atoms with Crippen LogP contribution in [0.2, 0.25) is 5.02 Å². The van der Waals surface area contributed by atoms with Crippen molar-refractivity contribution in [3.63, 3.8) is 0 Å². The predicted molar refractivity (Wildman–Crippen MR) is 118 cm³/mol. The van der Waals surface area contributed by atoms with Gasteiger partial charge in [0.2, 0.25) is 11.2 Å². The van der Waals surface area contributed by atoms with Gasteiger partial charge in [0.1, 0.15) is 5.58 Å². The van der Waals surface area contributed by atoms with E-state index in [1.165, 1.54) is 0 Å². The maximum atomic E-state index is 13.1. The summed E-state index contributed by atoms with van der Waals surface area (Å²) in [5, 5.41) is 3.67. The molecule has 1 N–H and O–H groups in total. The number of carbonyl (C=O) groups excluding carboxylic acids is 1. The van der Waals surface area contributed by atoms with E-state index in [4.69, 9.17) is 20.8 Å². The van der Waals surface area contributed by atoms with E-state index < -0.39 is 0 Å². The first kappa shape index (κ1) is 19.7. The standard InChI is InChI=1S/C24H18ClNO4/c1-15-7-12-19-20(13-15)30-23(16-8-10-17(25)11-9-16)24(22(19)28)29-14-21(27)26-18-5-3-2-4-6-18/h2-13H,14H2,1H3,(H,26,27). The first-order chi connectivity index (χ1) is 14.5. The summed E-state index contributed by atoms with van der Waals surface area (Å²) >= 11 is 5.99. The zero-order chi connectivity index (χ0) is 21.1. The summed E-state index contributed by atoms with van der Waals surface area (Å²) in [7, 11) is 0. The van der Waals surface area contributed by atoms with Crippen LogP contribution in [0.25, 0.3) is 22.3 Å². The predicted octanol–water partition coefficient (Wildman–Crippen LogP) is 5.44. The Morgan fingerprint density at radius 3 is 2.50 bits per heavy atom. The van der Waals surface area contributed by atoms with Crippen molar-refractivity contribution in [2.24, 2.45) is 0 Å². The number of carbonyl (C=O) groups is 1. The van der Waals surface area contributed by atoms with Crippen LogP contribution in [-0.4, -0.2) is 12.5 Å². The van der Waals surface area contributed by atoms with Gasteiger partial charge in [0.25, 0.3) is 5.91 Å². The van der Waals surface area contributed by atoms with Gasteiger partial charge in [0, 0.05) is 16.3 Å². The van der Waals surface area contributed by atoms with Gasteiger partial charge < -0.3 is 14.5 Å². The molecule has 0 aliphatic carbocycles. The molecule has 30 heavy (non-hydrogen) atoms. The highest BCUT2D eigenvalue weighted by Gasteiger charge is 2.19. The van der Waals surface area contributed by atoms with E-state index in [1.54, 1.807) is 48.5 Å². The number of hydrogen-bond acceptors (Lipinski definition) is 4. The molecule has 150 valence electrons. The highest BCUT2D eigenvalue weighted by atomic mass is 35.5. The topological polar surface area (TPSA) is 68.5 Å². The molecule has 4 rings (SSSR count). The molecule has 0 unspecified atom stereocenters. The summed E-state index contributed by atoms with van der Waals surface area (Å²) in [6, 6.07) is 21.2. The third-order valence-corrected chi connectivity index (χ3v) is 4.77. The molecule has 4 aromatic rings. The number of ether oxygens (including phenoxy) is 1. The van der Waals surface area contributed by atoms with Crippen LogP contribution in [0.3, 0.4) is 0 Å². The van der Waals surface area contributed by atoms with Crippen LogP contribution in [0.1, 0.15) is 5.56 Å². The lowest BCUT2D eigenvalue weighted by atomic mass is 10.1. The monoisotopic (exact) mass is 419 g/mol. The van der Waals surface area contributed by atoms with Gasteiger partial charge in [-0.2, -0.15) is 0 Å². The minimum absolute atomic E-state index is 0.0168. The Kier molecular flexibility index (Phi) is 5.55. The van der Waals surface area contributed by atoms with Crippen LogP contribution in [0, 0.1) is 6.92 Å². The Labute approximate surface area is 177 Å². The van der Waals surface area contributed by atoms with Crippen molar-refractivity contribution in [1.29, 1.82) is 0 Å². The molecule has 1 aromatic heterocycles. The minimum atomic E-state index is -0.383. The first-order valence-corrected chi connectivity index (χ1v) is 9.70. The van der Waals surface area contributed by atoms with Crippen molar-refractivity contribution in [2.45, 2.75) is 6.92 Å². The first-order valence-electron chi connectivity index (χ1n) is 9.32. The summed E-state index contributed by atoms with van der Waals surface area (Å²) < 4.78 is 11.7. The Bertz CT molecular complexity index is 1260. The summed E-state index contributed by atoms with van der Waals surface area (Å²) in [6.07, 6.45) is 0. The third kappa shape index (κ3) is 4.21. The zero-order valence-electron chi connectivity index (χ0n) is 16.1. The number of halogens is 1. The molecule has 6 heteroatoms. The van der Waals surface area contributed by atoms with Crippen LogP contribution in [0.4, 0.5) is 5.69 Å². The lowest BCUT2D eigenvalue weighted by Crippen LogP contribution is -2.22. The number of anilines is 1. The normalized spacial score (nSPS) is 10.7. The molecule has 1 amide bonds. The molecule has 1 heterocycles. The number of para-hydroxylation sites is 1. The maximum absolute atomic E-state index is 13.1. The molecular formula is C24H18ClNO4. The minimum Gasteiger partial charge on any atom is -0.476 e. The molecule has 0 saturated carbocycles. The average Bonchev–Trinajstić information content (AvgIpc) is 2.74. The van der Waals surface area contributed by atoms with E-state index in [0.717, 1.165) is 5.56 Å². The van der Waals surface area contributed by atoms with Crippen molar-refractivity contribution in [3.8, 4) is 17.1 Å². The molecule has 0 atom stereocenters. The van der Waals surface area contributed by atoms with Gasteiger partial charge in [0.05, 0.1) is 5.39 Å². The van der Waals surface area contributed by atoms with Crippen LogP contribution >= 0.6 is 11.6 Å². The van der Waals surface area contributed by atoms with Gasteiger partial charge in [0.15, 0.2) is 12.4 Å². The second kappa shape index (κ2) is 8.43. The number of benzene rings is 3. The molecule has 0 saturated heterocycles. The van der Waals surface area contributed by atoms with Gasteiger partial charge in [-0.15, -0.1) is 0 Å². The SMILES string of the molecule is Cc1ccc2c(=O)c(OCC(=O)Nc3ccccc3)c(-c3ccc(Cl)cc3)oc2c1. The molecule has 0 radical (unpaired) electrons. The van der Waals surface area contributed by atoms with Gasteiger partial charge in [-0.05, 0) is 61.0 Å². The van der Waals surface area contributed by atoms with Gasteiger partial charge in [-0.1, -0.05) is 35.9 Å². The number of amides is 1. The molecule has 0 bridgehead atoms. The van der Waals surface area contributed by atoms with Crippen molar-refractivity contribution < 1.29 is 13.9 Å². The van der Waals surface area contributed by atoms with Crippen molar-refractivity contribution in [2.75, 3.05) is 11.9 Å². The second-order valence-corrected chi connectivity index (χ2v) is 7.24. The molecule has 5 nitrogen and oxygen atoms in total. The molecule has 0 aliphatic heterocycles. The van der Waals surface area contributed by atoms with Crippen LogP contribution in [0.15, 0.2) is 82.0 Å². The molecule has 0 aliphatic rings. The van der Waals surface area contributed by atoms with Crippen LogP contribution in [-0.2, 0) is 4.79 Å². The lowest BCUT2D eigenvalue weighted by molar-refractivity contribution is -0.118. The maximum Gasteiger partial charge on any atom is 0.262 e. The number of nitrogens with one attached hydrogen (secondary N) is 1. The average molecular weight is 420 g/mol. The lowest BCUT2D eigenvalue weighted by Gasteiger charge is -2.12. The fourth-order valence-electron chi connectivity index (χ4n) is 3.06. The van der Waals surface area contributed by atoms with Crippen LogP contribution < -0.4 is 15.5 Å². The highest BCUT2D eigenvalue weighted by molar-refractivity contribution is 6.30. The zero-order valence-corrected chi connectivity index (χ0v) is 16.9. The number of fused-ring (bicyclic) bond motifs is 1. The number of rotatable bonds is 5. The fourth-order valence-corrected chi connectivity index (χ4v) is 3.19. The van der Waals surface area contributed by atoms with Crippen molar-refractivity contribution in [1.82, 2.24) is 0 Å². The Morgan fingerprint density at radius 1 is 1.03 bits per heavy atom. The van der Waals surface area contributed by atoms with Crippen molar-refractivity contribution in [3.05, 3.63) is 93.6 Å². The number of hydrogen-bond donors (Lipinski definition) is 1. The van der Waals surface area contributed by atoms with Gasteiger partial charge in [-0.3, -0.25) is 9.59 Å². The smallest absolute Gasteiger partial charge is 0.262 e. The number of aryl methyl sites for hydroxylation is 1. The summed E-state index contributed by atoms with van der Waals surface area (Å²) in [4.78, 5) is 25.4. The van der Waals surface area contributed by atoms with E-state index in [1.807, 2.05) is 31.2 Å². The largest absolute Gasteiger partial charge is 0.476 e. The quantitative estimate of drug-likeness (QED) is 0.467. The highest BCUT2D eigenvalue weighted by Crippen LogP contribution is 2.32. The summed E-state index contributed by atoms with van der Waals surface area (Å²) in [5.74, 6) is -0.147. The molecule has 0 fully saturated rings. The molecule has 0 spiro atoms. The third-order valence-electron chi connectivity index (χ3n) is 4.52. The van der Waals surface area contributed by atoms with E-state index >= 15 is 0 Å². The van der Waals surface area contributed by atoms with Gasteiger partial charge in [-0.25, -0.2) is 0 Å². The Balaban J connectivity index is 1.71. The second-order valence-electron chi connectivity index (χ2n) is 6.80. The molecule has 3 aromatic carbocycles. The van der Waals surface area contributed by atoms with Crippen molar-refractivity contribution >= 4 is 34.2 Å².